The lowest BCUT2D eigenvalue weighted by atomic mass is 10.0. The summed E-state index contributed by atoms with van der Waals surface area (Å²) in [4.78, 5) is 12.5. The number of carbonyl (C=O) groups is 1. The van der Waals surface area contributed by atoms with E-state index in [4.69, 9.17) is 5.73 Å². The zero-order chi connectivity index (χ0) is 18.4. The average molecular weight is 438 g/mol. The molecule has 0 aromatic heterocycles. The second-order valence-corrected chi connectivity index (χ2v) is 6.59. The summed E-state index contributed by atoms with van der Waals surface area (Å²) in [6.45, 7) is 1.10. The Labute approximate surface area is 183 Å². The lowest BCUT2D eigenvalue weighted by Gasteiger charge is -2.12. The summed E-state index contributed by atoms with van der Waals surface area (Å²) in [7, 11) is 0. The van der Waals surface area contributed by atoms with Crippen molar-refractivity contribution in [2.45, 2.75) is 12.6 Å². The zero-order valence-electron chi connectivity index (χ0n) is 15.3. The van der Waals surface area contributed by atoms with Crippen LogP contribution in [0.15, 0.2) is 66.7 Å². The van der Waals surface area contributed by atoms with Gasteiger partial charge in [-0.3, -0.25) is 4.79 Å². The van der Waals surface area contributed by atoms with Gasteiger partial charge in [-0.15, -0.1) is 24.8 Å². The number of fused-ring (bicyclic) bond motifs is 1. The maximum Gasteiger partial charge on any atom is 0.251 e. The van der Waals surface area contributed by atoms with E-state index in [0.717, 1.165) is 16.6 Å². The molecule has 0 unspecified atom stereocenters. The molecular formula is C21H25Cl2N3OS. The Kier molecular flexibility index (Phi) is 10.2. The highest BCUT2D eigenvalue weighted by Gasteiger charge is 2.08. The van der Waals surface area contributed by atoms with Gasteiger partial charge in [0.15, 0.2) is 0 Å². The quantitative estimate of drug-likeness (QED) is 0.417. The third-order valence-corrected chi connectivity index (χ3v) is 4.72. The molecule has 0 spiro atoms. The van der Waals surface area contributed by atoms with E-state index < -0.39 is 0 Å². The molecule has 0 heterocycles. The molecule has 0 radical (unpaired) electrons. The number of halogens is 2. The summed E-state index contributed by atoms with van der Waals surface area (Å²) in [6, 6.07) is 21.7. The highest BCUT2D eigenvalue weighted by atomic mass is 35.5. The minimum atomic E-state index is -0.0972. The van der Waals surface area contributed by atoms with Crippen LogP contribution in [-0.4, -0.2) is 24.2 Å². The van der Waals surface area contributed by atoms with Crippen molar-refractivity contribution in [2.24, 2.45) is 5.73 Å². The van der Waals surface area contributed by atoms with Crippen molar-refractivity contribution in [1.82, 2.24) is 5.32 Å². The van der Waals surface area contributed by atoms with Crippen molar-refractivity contribution >= 4 is 59.8 Å². The summed E-state index contributed by atoms with van der Waals surface area (Å²) >= 11 is 4.17. The normalized spacial score (nSPS) is 11.1. The van der Waals surface area contributed by atoms with E-state index in [1.54, 1.807) is 0 Å². The number of nitrogens with one attached hydrogen (secondary N) is 2. The number of amides is 1. The van der Waals surface area contributed by atoms with Crippen molar-refractivity contribution < 1.29 is 4.79 Å². The Hall–Kier alpha value is -1.92. The third-order valence-electron chi connectivity index (χ3n) is 4.25. The van der Waals surface area contributed by atoms with Crippen LogP contribution in [0.1, 0.15) is 15.9 Å². The monoisotopic (exact) mass is 437 g/mol. The van der Waals surface area contributed by atoms with E-state index in [2.05, 4.69) is 41.5 Å². The number of rotatable bonds is 7. The van der Waals surface area contributed by atoms with Gasteiger partial charge in [-0.2, -0.15) is 12.6 Å². The van der Waals surface area contributed by atoms with E-state index in [0.29, 0.717) is 24.4 Å². The van der Waals surface area contributed by atoms with Crippen molar-refractivity contribution in [2.75, 3.05) is 17.6 Å². The van der Waals surface area contributed by atoms with Crippen LogP contribution in [0.2, 0.25) is 0 Å². The average Bonchev–Trinajstić information content (AvgIpc) is 2.70. The van der Waals surface area contributed by atoms with Gasteiger partial charge in [0.05, 0.1) is 0 Å². The van der Waals surface area contributed by atoms with Crippen LogP contribution in [-0.2, 0) is 6.54 Å². The Morgan fingerprint density at radius 3 is 2.50 bits per heavy atom. The highest BCUT2D eigenvalue weighted by Crippen LogP contribution is 2.18. The number of benzene rings is 3. The van der Waals surface area contributed by atoms with Crippen molar-refractivity contribution in [1.29, 1.82) is 0 Å². The van der Waals surface area contributed by atoms with Crippen molar-refractivity contribution in [3.63, 3.8) is 0 Å². The van der Waals surface area contributed by atoms with Gasteiger partial charge in [-0.25, -0.2) is 0 Å². The molecule has 150 valence electrons. The standard InChI is InChI=1S/C21H23N3OS.2ClH/c22-18(14-26)13-23-19-9-4-7-16(11-19)21(25)24-12-17-8-3-6-15-5-1-2-10-20(15)17;;/h1-11,18,23,26H,12-14,22H2,(H,24,25);2*1H/t18-;;/m1../s1. The van der Waals surface area contributed by atoms with Gasteiger partial charge in [0.2, 0.25) is 0 Å². The Morgan fingerprint density at radius 2 is 1.71 bits per heavy atom. The third kappa shape index (κ3) is 6.31. The highest BCUT2D eigenvalue weighted by molar-refractivity contribution is 7.80. The second-order valence-electron chi connectivity index (χ2n) is 6.23. The molecule has 3 aromatic carbocycles. The molecule has 0 aliphatic rings. The molecule has 4 nitrogen and oxygen atoms in total. The van der Waals surface area contributed by atoms with Gasteiger partial charge in [0.1, 0.15) is 0 Å². The van der Waals surface area contributed by atoms with Gasteiger partial charge in [-0.05, 0) is 34.5 Å². The summed E-state index contributed by atoms with van der Waals surface area (Å²) < 4.78 is 0. The molecule has 28 heavy (non-hydrogen) atoms. The van der Waals surface area contributed by atoms with Crippen molar-refractivity contribution in [3.8, 4) is 0 Å². The summed E-state index contributed by atoms with van der Waals surface area (Å²) in [6.07, 6.45) is 0. The molecule has 0 bridgehead atoms. The van der Waals surface area contributed by atoms with E-state index in [9.17, 15) is 4.79 Å². The second kappa shape index (κ2) is 11.8. The zero-order valence-corrected chi connectivity index (χ0v) is 17.8. The molecule has 0 aliphatic carbocycles. The molecule has 0 saturated heterocycles. The van der Waals surface area contributed by atoms with E-state index >= 15 is 0 Å². The molecule has 0 aliphatic heterocycles. The number of thiol groups is 1. The first-order valence-corrected chi connectivity index (χ1v) is 9.26. The predicted molar refractivity (Wildman–Crippen MR) is 126 cm³/mol. The predicted octanol–water partition coefficient (Wildman–Crippen LogP) is 4.28. The molecule has 1 amide bonds. The molecule has 0 fully saturated rings. The molecule has 3 aromatic rings. The molecule has 1 atom stereocenters. The number of hydrogen-bond acceptors (Lipinski definition) is 4. The van der Waals surface area contributed by atoms with Gasteiger partial charge in [0, 0.05) is 36.1 Å². The van der Waals surface area contributed by atoms with Crippen LogP contribution >= 0.6 is 37.4 Å². The minimum absolute atomic E-state index is 0. The molecule has 0 saturated carbocycles. The van der Waals surface area contributed by atoms with Gasteiger partial charge in [-0.1, -0.05) is 48.5 Å². The number of anilines is 1. The summed E-state index contributed by atoms with van der Waals surface area (Å²) in [5.74, 6) is 0.512. The number of nitrogens with two attached hydrogens (primary N) is 1. The minimum Gasteiger partial charge on any atom is -0.383 e. The Morgan fingerprint density at radius 1 is 1.00 bits per heavy atom. The smallest absolute Gasteiger partial charge is 0.251 e. The fourth-order valence-electron chi connectivity index (χ4n) is 2.81. The van der Waals surface area contributed by atoms with Crippen LogP contribution < -0.4 is 16.4 Å². The topological polar surface area (TPSA) is 67.1 Å². The molecule has 3 rings (SSSR count). The lowest BCUT2D eigenvalue weighted by molar-refractivity contribution is 0.0951. The fraction of sp³-hybridized carbons (Fsp3) is 0.190. The van der Waals surface area contributed by atoms with Crippen LogP contribution in [0.5, 0.6) is 0 Å². The first-order chi connectivity index (χ1) is 12.7. The number of carbonyl (C=O) groups excluding carboxylic acids is 1. The first kappa shape index (κ1) is 24.1. The maximum absolute atomic E-state index is 12.5. The lowest BCUT2D eigenvalue weighted by Crippen LogP contribution is -2.30. The molecular weight excluding hydrogens is 413 g/mol. The van der Waals surface area contributed by atoms with Gasteiger partial charge in [0.25, 0.3) is 5.91 Å². The first-order valence-electron chi connectivity index (χ1n) is 8.62. The molecule has 7 heteroatoms. The Bertz CT molecular complexity index is 902. The van der Waals surface area contributed by atoms with Gasteiger partial charge >= 0.3 is 0 Å². The maximum atomic E-state index is 12.5. The fourth-order valence-corrected chi connectivity index (χ4v) is 2.94. The number of hydrogen-bond donors (Lipinski definition) is 4. The van der Waals surface area contributed by atoms with Crippen molar-refractivity contribution in [3.05, 3.63) is 77.9 Å². The van der Waals surface area contributed by atoms with E-state index in [-0.39, 0.29) is 36.8 Å². The van der Waals surface area contributed by atoms with E-state index in [1.807, 2.05) is 48.5 Å². The molecule has 4 N–H and O–H groups in total. The van der Waals surface area contributed by atoms with Crippen LogP contribution in [0, 0.1) is 0 Å². The van der Waals surface area contributed by atoms with Crippen LogP contribution in [0.4, 0.5) is 5.69 Å². The Balaban J connectivity index is 0.00000196. The van der Waals surface area contributed by atoms with Gasteiger partial charge < -0.3 is 16.4 Å². The SMILES string of the molecule is Cl.Cl.N[C@@H](CS)CNc1cccc(C(=O)NCc2cccc3ccccc23)c1. The summed E-state index contributed by atoms with van der Waals surface area (Å²) in [5, 5.41) is 8.57. The van der Waals surface area contributed by atoms with Crippen LogP contribution in [0.25, 0.3) is 10.8 Å². The summed E-state index contributed by atoms with van der Waals surface area (Å²) in [5.41, 5.74) is 8.46. The van der Waals surface area contributed by atoms with E-state index in [1.165, 1.54) is 5.39 Å². The largest absolute Gasteiger partial charge is 0.383 e. The van der Waals surface area contributed by atoms with Crippen LogP contribution in [0.3, 0.4) is 0 Å².